The average Bonchev–Trinajstić information content (AvgIpc) is 2.44. The molecule has 14 heavy (non-hydrogen) atoms. The standard InChI is InChI=1S/C11H12BrNO/c1-7(2)13-6-8-3-4-9(12)5-10(8)11(13)14/h3-5,7H,6H2,1-2H3. The predicted octanol–water partition coefficient (Wildman–Crippen LogP) is 2.81. The minimum atomic E-state index is 0.149. The molecule has 0 saturated carbocycles. The number of hydrogen-bond donors (Lipinski definition) is 0. The lowest BCUT2D eigenvalue weighted by molar-refractivity contribution is 0.0730. The van der Waals surface area contributed by atoms with Crippen LogP contribution in [0.1, 0.15) is 29.8 Å². The first-order chi connectivity index (χ1) is 6.59. The number of amides is 1. The number of nitrogens with zero attached hydrogens (tertiary/aromatic N) is 1. The molecular formula is C11H12BrNO. The lowest BCUT2D eigenvalue weighted by Gasteiger charge is -2.19. The zero-order valence-electron chi connectivity index (χ0n) is 8.25. The highest BCUT2D eigenvalue weighted by Crippen LogP contribution is 2.26. The maximum atomic E-state index is 11.9. The zero-order valence-corrected chi connectivity index (χ0v) is 9.84. The number of carbonyl (C=O) groups excluding carboxylic acids is 1. The fraction of sp³-hybridized carbons (Fsp3) is 0.364. The van der Waals surface area contributed by atoms with Crippen LogP contribution in [0.15, 0.2) is 22.7 Å². The molecular weight excluding hydrogens is 242 g/mol. The molecule has 0 atom stereocenters. The quantitative estimate of drug-likeness (QED) is 0.754. The van der Waals surface area contributed by atoms with E-state index in [2.05, 4.69) is 15.9 Å². The Morgan fingerprint density at radius 2 is 2.14 bits per heavy atom. The summed E-state index contributed by atoms with van der Waals surface area (Å²) in [6.07, 6.45) is 0. The maximum absolute atomic E-state index is 11.9. The van der Waals surface area contributed by atoms with Gasteiger partial charge in [0.05, 0.1) is 0 Å². The number of halogens is 1. The van der Waals surface area contributed by atoms with Gasteiger partial charge in [0.15, 0.2) is 0 Å². The fourth-order valence-electron chi connectivity index (χ4n) is 1.71. The van der Waals surface area contributed by atoms with Gasteiger partial charge in [0, 0.05) is 22.6 Å². The van der Waals surface area contributed by atoms with Crippen molar-refractivity contribution in [1.82, 2.24) is 4.90 Å². The number of fused-ring (bicyclic) bond motifs is 1. The Morgan fingerprint density at radius 3 is 2.79 bits per heavy atom. The van der Waals surface area contributed by atoms with Crippen molar-refractivity contribution in [3.8, 4) is 0 Å². The average molecular weight is 254 g/mol. The summed E-state index contributed by atoms with van der Waals surface area (Å²) in [6.45, 7) is 4.83. The van der Waals surface area contributed by atoms with Gasteiger partial charge in [-0.3, -0.25) is 4.79 Å². The summed E-state index contributed by atoms with van der Waals surface area (Å²) in [5.41, 5.74) is 1.97. The molecule has 0 radical (unpaired) electrons. The summed E-state index contributed by atoms with van der Waals surface area (Å²) >= 11 is 3.38. The van der Waals surface area contributed by atoms with E-state index in [9.17, 15) is 4.79 Å². The Bertz CT molecular complexity index is 387. The van der Waals surface area contributed by atoms with Gasteiger partial charge in [-0.15, -0.1) is 0 Å². The largest absolute Gasteiger partial charge is 0.332 e. The first kappa shape index (κ1) is 9.71. The Hall–Kier alpha value is -0.830. The second kappa shape index (κ2) is 3.39. The summed E-state index contributed by atoms with van der Waals surface area (Å²) in [5.74, 6) is 0.149. The van der Waals surface area contributed by atoms with Crippen molar-refractivity contribution >= 4 is 21.8 Å². The van der Waals surface area contributed by atoms with Gasteiger partial charge in [-0.1, -0.05) is 22.0 Å². The molecule has 1 heterocycles. The molecule has 0 unspecified atom stereocenters. The summed E-state index contributed by atoms with van der Waals surface area (Å²) in [7, 11) is 0. The van der Waals surface area contributed by atoms with Gasteiger partial charge >= 0.3 is 0 Å². The van der Waals surface area contributed by atoms with Gasteiger partial charge in [-0.05, 0) is 31.5 Å². The van der Waals surface area contributed by atoms with Crippen LogP contribution in [0.25, 0.3) is 0 Å². The van der Waals surface area contributed by atoms with Crippen LogP contribution in [0, 0.1) is 0 Å². The Balaban J connectivity index is 2.41. The van der Waals surface area contributed by atoms with Crippen molar-refractivity contribution in [2.45, 2.75) is 26.4 Å². The molecule has 0 bridgehead atoms. The van der Waals surface area contributed by atoms with Crippen LogP contribution in [-0.2, 0) is 6.54 Å². The molecule has 1 aliphatic heterocycles. The van der Waals surface area contributed by atoms with E-state index in [-0.39, 0.29) is 11.9 Å². The molecule has 1 aromatic rings. The van der Waals surface area contributed by atoms with Gasteiger partial charge in [0.25, 0.3) is 5.91 Å². The van der Waals surface area contributed by atoms with Crippen LogP contribution >= 0.6 is 15.9 Å². The third-order valence-electron chi connectivity index (χ3n) is 2.53. The normalized spacial score (nSPS) is 15.1. The number of benzene rings is 1. The predicted molar refractivity (Wildman–Crippen MR) is 59.2 cm³/mol. The number of rotatable bonds is 1. The molecule has 0 aliphatic carbocycles. The summed E-state index contributed by atoms with van der Waals surface area (Å²) in [6, 6.07) is 6.17. The highest BCUT2D eigenvalue weighted by atomic mass is 79.9. The van der Waals surface area contributed by atoms with E-state index in [4.69, 9.17) is 0 Å². The van der Waals surface area contributed by atoms with Crippen LogP contribution in [0.2, 0.25) is 0 Å². The molecule has 2 nitrogen and oxygen atoms in total. The van der Waals surface area contributed by atoms with Crippen LogP contribution in [0.4, 0.5) is 0 Å². The van der Waals surface area contributed by atoms with E-state index in [1.165, 1.54) is 0 Å². The SMILES string of the molecule is CC(C)N1Cc2ccc(Br)cc2C1=O. The van der Waals surface area contributed by atoms with Crippen LogP contribution in [-0.4, -0.2) is 16.8 Å². The van der Waals surface area contributed by atoms with Crippen LogP contribution in [0.5, 0.6) is 0 Å². The maximum Gasteiger partial charge on any atom is 0.254 e. The van der Waals surface area contributed by atoms with Gasteiger partial charge in [-0.2, -0.15) is 0 Å². The molecule has 0 spiro atoms. The first-order valence-electron chi connectivity index (χ1n) is 4.69. The van der Waals surface area contributed by atoms with Crippen molar-refractivity contribution in [3.05, 3.63) is 33.8 Å². The minimum absolute atomic E-state index is 0.149. The van der Waals surface area contributed by atoms with E-state index in [0.717, 1.165) is 22.1 Å². The second-order valence-corrected chi connectivity index (χ2v) is 4.74. The van der Waals surface area contributed by atoms with Crippen LogP contribution in [0.3, 0.4) is 0 Å². The second-order valence-electron chi connectivity index (χ2n) is 3.83. The molecule has 0 N–H and O–H groups in total. The van der Waals surface area contributed by atoms with Crippen molar-refractivity contribution in [1.29, 1.82) is 0 Å². The number of carbonyl (C=O) groups is 1. The van der Waals surface area contributed by atoms with Gasteiger partial charge < -0.3 is 4.90 Å². The van der Waals surface area contributed by atoms with E-state index in [1.54, 1.807) is 0 Å². The molecule has 1 aromatic carbocycles. The summed E-state index contributed by atoms with van der Waals surface area (Å²) in [4.78, 5) is 13.8. The third-order valence-corrected chi connectivity index (χ3v) is 3.02. The minimum Gasteiger partial charge on any atom is -0.332 e. The smallest absolute Gasteiger partial charge is 0.254 e. The fourth-order valence-corrected chi connectivity index (χ4v) is 2.07. The monoisotopic (exact) mass is 253 g/mol. The zero-order chi connectivity index (χ0) is 10.3. The summed E-state index contributed by atoms with van der Waals surface area (Å²) in [5, 5.41) is 0. The van der Waals surface area contributed by atoms with E-state index in [0.29, 0.717) is 0 Å². The Kier molecular flexibility index (Phi) is 2.35. The topological polar surface area (TPSA) is 20.3 Å². The molecule has 0 fully saturated rings. The van der Waals surface area contributed by atoms with Gasteiger partial charge in [-0.25, -0.2) is 0 Å². The Labute approximate surface area is 92.0 Å². The van der Waals surface area contributed by atoms with E-state index >= 15 is 0 Å². The number of hydrogen-bond acceptors (Lipinski definition) is 1. The van der Waals surface area contributed by atoms with Gasteiger partial charge in [0.2, 0.25) is 0 Å². The van der Waals surface area contributed by atoms with Crippen molar-refractivity contribution in [2.24, 2.45) is 0 Å². The lowest BCUT2D eigenvalue weighted by Crippen LogP contribution is -2.30. The van der Waals surface area contributed by atoms with Crippen molar-refractivity contribution in [3.63, 3.8) is 0 Å². The highest BCUT2D eigenvalue weighted by molar-refractivity contribution is 9.10. The molecule has 1 amide bonds. The van der Waals surface area contributed by atoms with E-state index < -0.39 is 0 Å². The third kappa shape index (κ3) is 1.46. The molecule has 3 heteroatoms. The molecule has 2 rings (SSSR count). The molecule has 0 saturated heterocycles. The van der Waals surface area contributed by atoms with E-state index in [1.807, 2.05) is 36.9 Å². The lowest BCUT2D eigenvalue weighted by atomic mass is 10.1. The molecule has 1 aliphatic rings. The Morgan fingerprint density at radius 1 is 1.43 bits per heavy atom. The van der Waals surface area contributed by atoms with Gasteiger partial charge in [0.1, 0.15) is 0 Å². The highest BCUT2D eigenvalue weighted by Gasteiger charge is 2.28. The van der Waals surface area contributed by atoms with Crippen molar-refractivity contribution in [2.75, 3.05) is 0 Å². The van der Waals surface area contributed by atoms with Crippen molar-refractivity contribution < 1.29 is 4.79 Å². The molecule has 0 aromatic heterocycles. The first-order valence-corrected chi connectivity index (χ1v) is 5.48. The molecule has 74 valence electrons. The summed E-state index contributed by atoms with van der Waals surface area (Å²) < 4.78 is 0.968. The van der Waals surface area contributed by atoms with Crippen LogP contribution < -0.4 is 0 Å².